The maximum absolute atomic E-state index is 6.87. The van der Waals surface area contributed by atoms with Crippen LogP contribution in [0.1, 0.15) is 26.3 Å². The Labute approximate surface area is 201 Å². The Morgan fingerprint density at radius 3 is 1.82 bits per heavy atom. The molecule has 0 saturated carbocycles. The van der Waals surface area contributed by atoms with Gasteiger partial charge >= 0.3 is 23.1 Å². The molecule has 0 aliphatic rings. The number of halogens is 2. The number of hydrogen-bond donors (Lipinski definition) is 0. The zero-order chi connectivity index (χ0) is 18.6. The van der Waals surface area contributed by atoms with Gasteiger partial charge in [0.05, 0.1) is 0 Å². The molecule has 0 aliphatic heterocycles. The van der Waals surface area contributed by atoms with Crippen LogP contribution < -0.4 is 27.4 Å². The Kier molecular flexibility index (Phi) is 9.94. The van der Waals surface area contributed by atoms with Gasteiger partial charge in [-0.1, -0.05) is 86.5 Å². The minimum Gasteiger partial charge on any atom is -1.00 e. The quantitative estimate of drug-likeness (QED) is 0.397. The first kappa shape index (κ1) is 25.4. The second-order valence-electron chi connectivity index (χ2n) is 7.47. The van der Waals surface area contributed by atoms with E-state index in [1.165, 1.54) is 10.4 Å². The van der Waals surface area contributed by atoms with E-state index in [0.717, 1.165) is 5.56 Å². The van der Waals surface area contributed by atoms with Gasteiger partial charge in [-0.25, -0.2) is 0 Å². The van der Waals surface area contributed by atoms with Gasteiger partial charge in [0.2, 0.25) is 0 Å². The molecule has 3 aromatic carbocycles. The fourth-order valence-corrected chi connectivity index (χ4v) is 8.21. The Balaban J connectivity index is 0.00000196. The van der Waals surface area contributed by atoms with Crippen LogP contribution in [0.3, 0.4) is 0 Å². The van der Waals surface area contributed by atoms with Crippen LogP contribution in [-0.4, -0.2) is 31.4 Å². The Morgan fingerprint density at radius 2 is 1.39 bits per heavy atom. The zero-order valence-electron chi connectivity index (χ0n) is 16.6. The summed E-state index contributed by atoms with van der Waals surface area (Å²) in [5.41, 5.74) is 0.999. The van der Waals surface area contributed by atoms with E-state index in [4.69, 9.17) is 16.0 Å². The van der Waals surface area contributed by atoms with Gasteiger partial charge in [-0.2, -0.15) is 35.9 Å². The maximum atomic E-state index is 6.87. The first-order valence-electron chi connectivity index (χ1n) is 8.84. The summed E-state index contributed by atoms with van der Waals surface area (Å²) in [5.74, 6) is 0. The smallest absolute Gasteiger partial charge is 1.00 e. The first-order valence-corrected chi connectivity index (χ1v) is 11.1. The molecule has 0 heterocycles. The van der Waals surface area contributed by atoms with E-state index in [-0.39, 0.29) is 45.1 Å². The van der Waals surface area contributed by atoms with Gasteiger partial charge < -0.3 is 21.4 Å². The van der Waals surface area contributed by atoms with Crippen molar-refractivity contribution in [3.05, 3.63) is 95.5 Å². The molecular formula is C23H24BrClMgOSi. The van der Waals surface area contributed by atoms with Gasteiger partial charge in [0.1, 0.15) is 0 Å². The van der Waals surface area contributed by atoms with Crippen LogP contribution in [0.5, 0.6) is 0 Å². The largest absolute Gasteiger partial charge is 2.00 e. The molecule has 0 atom stereocenters. The van der Waals surface area contributed by atoms with E-state index in [1.54, 1.807) is 6.07 Å². The minimum atomic E-state index is -2.52. The van der Waals surface area contributed by atoms with Gasteiger partial charge in [0.25, 0.3) is 8.32 Å². The molecule has 0 spiro atoms. The third-order valence-electron chi connectivity index (χ3n) is 4.76. The zero-order valence-corrected chi connectivity index (χ0v) is 21.3. The summed E-state index contributed by atoms with van der Waals surface area (Å²) >= 11 is 6.36. The third kappa shape index (κ3) is 5.29. The Hall–Kier alpha value is -0.627. The Morgan fingerprint density at radius 1 is 0.893 bits per heavy atom. The summed E-state index contributed by atoms with van der Waals surface area (Å²) in [5, 5.41) is 3.21. The summed E-state index contributed by atoms with van der Waals surface area (Å²) in [6, 6.07) is 30.0. The molecule has 0 radical (unpaired) electrons. The molecule has 0 amide bonds. The van der Waals surface area contributed by atoms with Crippen LogP contribution in [0.25, 0.3) is 0 Å². The van der Waals surface area contributed by atoms with Crippen molar-refractivity contribution >= 4 is 53.3 Å². The molecule has 0 aromatic heterocycles. The van der Waals surface area contributed by atoms with Gasteiger partial charge in [-0.05, 0) is 15.4 Å². The van der Waals surface area contributed by atoms with Crippen LogP contribution >= 0.6 is 11.6 Å². The van der Waals surface area contributed by atoms with Crippen molar-refractivity contribution in [3.8, 4) is 0 Å². The van der Waals surface area contributed by atoms with Crippen LogP contribution in [0.2, 0.25) is 10.1 Å². The predicted molar refractivity (Wildman–Crippen MR) is 118 cm³/mol. The SMILES string of the molecule is CC(C)(C)[Si](OCc1cc[c-]cc1Cl)(c1ccccc1)c1ccccc1.[Br-].[Mg+2]. The topological polar surface area (TPSA) is 9.23 Å². The summed E-state index contributed by atoms with van der Waals surface area (Å²) in [4.78, 5) is 0. The summed E-state index contributed by atoms with van der Waals surface area (Å²) in [7, 11) is -2.52. The maximum Gasteiger partial charge on any atom is 2.00 e. The average molecular weight is 484 g/mol. The molecule has 5 heteroatoms. The van der Waals surface area contributed by atoms with Gasteiger partial charge in [0, 0.05) is 6.61 Å². The van der Waals surface area contributed by atoms with E-state index < -0.39 is 8.32 Å². The monoisotopic (exact) mass is 482 g/mol. The van der Waals surface area contributed by atoms with Gasteiger partial charge in [-0.15, -0.1) is 5.56 Å². The molecule has 0 aliphatic carbocycles. The van der Waals surface area contributed by atoms with Crippen molar-refractivity contribution in [1.82, 2.24) is 0 Å². The fourth-order valence-electron chi connectivity index (χ4n) is 3.51. The van der Waals surface area contributed by atoms with Crippen molar-refractivity contribution in [2.75, 3.05) is 0 Å². The van der Waals surface area contributed by atoms with Crippen molar-refractivity contribution < 1.29 is 21.4 Å². The van der Waals surface area contributed by atoms with Crippen LogP contribution in [0, 0.1) is 6.07 Å². The van der Waals surface area contributed by atoms with Crippen molar-refractivity contribution in [3.63, 3.8) is 0 Å². The van der Waals surface area contributed by atoms with Crippen molar-refractivity contribution in [1.29, 1.82) is 0 Å². The molecule has 0 bridgehead atoms. The van der Waals surface area contributed by atoms with E-state index in [9.17, 15) is 0 Å². The minimum absolute atomic E-state index is 0. The van der Waals surface area contributed by atoms with E-state index >= 15 is 0 Å². The summed E-state index contributed by atoms with van der Waals surface area (Å²) < 4.78 is 6.87. The fraction of sp³-hybridized carbons (Fsp3) is 0.217. The summed E-state index contributed by atoms with van der Waals surface area (Å²) in [6.45, 7) is 7.32. The average Bonchev–Trinajstić information content (AvgIpc) is 2.64. The van der Waals surface area contributed by atoms with Crippen molar-refractivity contribution in [2.24, 2.45) is 0 Å². The van der Waals surface area contributed by atoms with Crippen molar-refractivity contribution in [2.45, 2.75) is 32.4 Å². The van der Waals surface area contributed by atoms with E-state index in [1.807, 2.05) is 12.1 Å². The van der Waals surface area contributed by atoms with E-state index in [0.29, 0.717) is 11.6 Å². The predicted octanol–water partition coefficient (Wildman–Crippen LogP) is 1.84. The molecule has 142 valence electrons. The molecule has 0 N–H and O–H groups in total. The number of benzene rings is 3. The molecule has 0 fully saturated rings. The Bertz CT molecular complexity index is 814. The first-order chi connectivity index (χ1) is 12.4. The third-order valence-corrected chi connectivity index (χ3v) is 10.1. The number of rotatable bonds is 5. The molecule has 3 aromatic rings. The normalized spacial score (nSPS) is 11.3. The number of hydrogen-bond acceptors (Lipinski definition) is 1. The van der Waals surface area contributed by atoms with Crippen LogP contribution in [-0.2, 0) is 11.0 Å². The van der Waals surface area contributed by atoms with Crippen LogP contribution in [0.4, 0.5) is 0 Å². The van der Waals surface area contributed by atoms with Gasteiger partial charge in [0.15, 0.2) is 0 Å². The molecule has 28 heavy (non-hydrogen) atoms. The standard InChI is InChI=1S/C23H24ClOSi.BrH.Mg/c1-23(2,3)26(20-13-6-4-7-14-20,21-15-8-5-9-16-21)25-18-19-12-10-11-17-22(19)24;;/h4-10,12-17H,18H2,1-3H3;1H;/q-1;;+2/p-1. The molecule has 0 saturated heterocycles. The second kappa shape index (κ2) is 11.0. The molecular weight excluding hydrogens is 460 g/mol. The summed E-state index contributed by atoms with van der Waals surface area (Å²) in [6.07, 6.45) is 0. The molecule has 3 rings (SSSR count). The second-order valence-corrected chi connectivity index (χ2v) is 12.2. The van der Waals surface area contributed by atoms with Gasteiger partial charge in [-0.3, -0.25) is 0 Å². The van der Waals surface area contributed by atoms with E-state index in [2.05, 4.69) is 87.5 Å². The van der Waals surface area contributed by atoms with Crippen LogP contribution in [0.15, 0.2) is 78.9 Å². The molecule has 1 nitrogen and oxygen atoms in total. The molecule has 0 unspecified atom stereocenters.